The molecular weight excluding hydrogens is 278 g/mol. The normalized spacial score (nSPS) is 15.6. The van der Waals surface area contributed by atoms with Gasteiger partial charge in [0.15, 0.2) is 0 Å². The maximum Gasteiger partial charge on any atom is 0.275 e. The summed E-state index contributed by atoms with van der Waals surface area (Å²) in [7, 11) is 1.60. The Morgan fingerprint density at radius 1 is 1.18 bits per heavy atom. The number of carbonyl (C=O) groups excluding carboxylic acids is 1. The van der Waals surface area contributed by atoms with Crippen molar-refractivity contribution in [2.45, 2.75) is 6.92 Å². The van der Waals surface area contributed by atoms with E-state index in [4.69, 9.17) is 4.74 Å². The number of methoxy groups -OCH3 is 1. The first-order chi connectivity index (χ1) is 10.7. The molecule has 0 radical (unpaired) electrons. The van der Waals surface area contributed by atoms with Crippen molar-refractivity contribution in [3.8, 4) is 5.75 Å². The Balaban J connectivity index is 2.00. The minimum Gasteiger partial charge on any atom is -0.496 e. The average molecular weight is 293 g/mol. The quantitative estimate of drug-likeness (QED) is 0.883. The number of ether oxygens (including phenoxy) is 1. The van der Waals surface area contributed by atoms with Gasteiger partial charge in [-0.15, -0.1) is 0 Å². The van der Waals surface area contributed by atoms with E-state index in [1.54, 1.807) is 37.7 Å². The number of benzene rings is 1. The lowest BCUT2D eigenvalue weighted by Gasteiger charge is -2.05. The van der Waals surface area contributed by atoms with Crippen molar-refractivity contribution >= 4 is 17.8 Å². The van der Waals surface area contributed by atoms with E-state index >= 15 is 0 Å². The first kappa shape index (κ1) is 14.0. The van der Waals surface area contributed by atoms with Crippen molar-refractivity contribution in [3.05, 3.63) is 65.1 Å². The minimum absolute atomic E-state index is 0.227. The van der Waals surface area contributed by atoms with E-state index in [2.05, 4.69) is 15.3 Å². The smallest absolute Gasteiger partial charge is 0.275 e. The van der Waals surface area contributed by atoms with Crippen LogP contribution in [-0.4, -0.2) is 23.8 Å². The van der Waals surface area contributed by atoms with Gasteiger partial charge in [0.1, 0.15) is 17.3 Å². The molecule has 0 atom stereocenters. The molecule has 1 N–H and O–H groups in total. The van der Waals surface area contributed by atoms with Gasteiger partial charge < -0.3 is 10.1 Å². The van der Waals surface area contributed by atoms with Crippen LogP contribution in [0.3, 0.4) is 0 Å². The van der Waals surface area contributed by atoms with E-state index in [1.807, 2.05) is 25.1 Å². The van der Waals surface area contributed by atoms with Gasteiger partial charge in [0.2, 0.25) is 0 Å². The third-order valence-electron chi connectivity index (χ3n) is 3.33. The number of hydrogen-bond acceptors (Lipinski definition) is 4. The molecule has 5 nitrogen and oxygen atoms in total. The van der Waals surface area contributed by atoms with Crippen LogP contribution in [0.1, 0.15) is 16.7 Å². The predicted octanol–water partition coefficient (Wildman–Crippen LogP) is 2.32. The molecule has 0 fully saturated rings. The molecule has 0 aliphatic carbocycles. The third kappa shape index (κ3) is 2.74. The molecule has 0 unspecified atom stereocenters. The van der Waals surface area contributed by atoms with Crippen molar-refractivity contribution in [2.75, 3.05) is 7.11 Å². The summed E-state index contributed by atoms with van der Waals surface area (Å²) in [4.78, 5) is 20.4. The van der Waals surface area contributed by atoms with E-state index in [0.717, 1.165) is 16.7 Å². The Labute approximate surface area is 128 Å². The number of rotatable bonds is 3. The third-order valence-corrected chi connectivity index (χ3v) is 3.33. The number of nitrogens with one attached hydrogen (secondary N) is 1. The molecule has 110 valence electrons. The molecule has 1 aliphatic rings. The fourth-order valence-electron chi connectivity index (χ4n) is 2.23. The minimum atomic E-state index is -0.227. The van der Waals surface area contributed by atoms with Gasteiger partial charge in [-0.1, -0.05) is 11.6 Å². The molecule has 0 spiro atoms. The van der Waals surface area contributed by atoms with Gasteiger partial charge in [0.05, 0.1) is 7.11 Å². The molecule has 1 aromatic heterocycles. The first-order valence-corrected chi connectivity index (χ1v) is 6.84. The second kappa shape index (κ2) is 5.81. The Morgan fingerprint density at radius 2 is 1.95 bits per heavy atom. The molecular formula is C17H15N3O2. The van der Waals surface area contributed by atoms with Crippen LogP contribution in [0.2, 0.25) is 0 Å². The van der Waals surface area contributed by atoms with Crippen molar-refractivity contribution in [2.24, 2.45) is 4.99 Å². The van der Waals surface area contributed by atoms with Gasteiger partial charge >= 0.3 is 0 Å². The molecule has 3 rings (SSSR count). The maximum atomic E-state index is 12.1. The highest BCUT2D eigenvalue weighted by Crippen LogP contribution is 2.24. The SMILES string of the molecule is COc1ccc(C)cc1/C=C1/N=C(c2ccncc2)NC1=O. The number of aryl methyl sites for hydroxylation is 1. The molecule has 22 heavy (non-hydrogen) atoms. The average Bonchev–Trinajstić information content (AvgIpc) is 2.90. The van der Waals surface area contributed by atoms with Crippen LogP contribution in [-0.2, 0) is 4.79 Å². The van der Waals surface area contributed by atoms with E-state index in [0.29, 0.717) is 17.3 Å². The van der Waals surface area contributed by atoms with Crippen molar-refractivity contribution in [3.63, 3.8) is 0 Å². The molecule has 2 aromatic rings. The van der Waals surface area contributed by atoms with E-state index in [9.17, 15) is 4.79 Å². The number of nitrogens with zero attached hydrogens (tertiary/aromatic N) is 2. The van der Waals surface area contributed by atoms with E-state index < -0.39 is 0 Å². The zero-order valence-electron chi connectivity index (χ0n) is 12.3. The molecule has 2 heterocycles. The lowest BCUT2D eigenvalue weighted by molar-refractivity contribution is -0.115. The molecule has 0 saturated heterocycles. The second-order valence-corrected chi connectivity index (χ2v) is 4.93. The Morgan fingerprint density at radius 3 is 2.68 bits per heavy atom. The Kier molecular flexibility index (Phi) is 3.70. The number of carbonyl (C=O) groups is 1. The number of hydrogen-bond donors (Lipinski definition) is 1. The molecule has 5 heteroatoms. The largest absolute Gasteiger partial charge is 0.496 e. The summed E-state index contributed by atoms with van der Waals surface area (Å²) in [6.07, 6.45) is 5.06. The zero-order valence-corrected chi connectivity index (χ0v) is 12.3. The lowest BCUT2D eigenvalue weighted by Crippen LogP contribution is -2.24. The fourth-order valence-corrected chi connectivity index (χ4v) is 2.23. The Hall–Kier alpha value is -2.95. The standard InChI is InChI=1S/C17H15N3O2/c1-11-3-4-15(22-2)13(9-11)10-14-17(21)20-16(19-14)12-5-7-18-8-6-12/h3-10H,1-2H3,(H,19,20,21)/b14-10+. The highest BCUT2D eigenvalue weighted by Gasteiger charge is 2.21. The summed E-state index contributed by atoms with van der Waals surface area (Å²) in [5.41, 5.74) is 3.09. The van der Waals surface area contributed by atoms with Crippen molar-refractivity contribution < 1.29 is 9.53 Å². The van der Waals surface area contributed by atoms with Gasteiger partial charge in [-0.2, -0.15) is 0 Å². The summed E-state index contributed by atoms with van der Waals surface area (Å²) in [5, 5.41) is 2.77. The van der Waals surface area contributed by atoms with Crippen LogP contribution in [0.5, 0.6) is 5.75 Å². The van der Waals surface area contributed by atoms with E-state index in [1.165, 1.54) is 0 Å². The van der Waals surface area contributed by atoms with Gasteiger partial charge in [-0.25, -0.2) is 4.99 Å². The zero-order chi connectivity index (χ0) is 15.5. The molecule has 0 bridgehead atoms. The van der Waals surface area contributed by atoms with Crippen molar-refractivity contribution in [1.29, 1.82) is 0 Å². The van der Waals surface area contributed by atoms with Gasteiger partial charge in [0.25, 0.3) is 5.91 Å². The number of pyridine rings is 1. The van der Waals surface area contributed by atoms with Crippen LogP contribution in [0.15, 0.2) is 53.4 Å². The molecule has 1 amide bonds. The fraction of sp³-hybridized carbons (Fsp3) is 0.118. The maximum absolute atomic E-state index is 12.1. The summed E-state index contributed by atoms with van der Waals surface area (Å²) in [5.74, 6) is 1.01. The van der Waals surface area contributed by atoms with Gasteiger partial charge in [0, 0.05) is 23.5 Å². The lowest BCUT2D eigenvalue weighted by atomic mass is 10.1. The highest BCUT2D eigenvalue weighted by molar-refractivity contribution is 6.19. The van der Waals surface area contributed by atoms with Crippen LogP contribution < -0.4 is 10.1 Å². The number of amidine groups is 1. The van der Waals surface area contributed by atoms with Crippen LogP contribution in [0.4, 0.5) is 0 Å². The van der Waals surface area contributed by atoms with Gasteiger partial charge in [-0.05, 0) is 37.3 Å². The summed E-state index contributed by atoms with van der Waals surface area (Å²) < 4.78 is 5.32. The first-order valence-electron chi connectivity index (χ1n) is 6.84. The molecule has 0 saturated carbocycles. The predicted molar refractivity (Wildman–Crippen MR) is 84.6 cm³/mol. The van der Waals surface area contributed by atoms with Crippen molar-refractivity contribution in [1.82, 2.24) is 10.3 Å². The summed E-state index contributed by atoms with van der Waals surface area (Å²) >= 11 is 0. The van der Waals surface area contributed by atoms with Gasteiger partial charge in [-0.3, -0.25) is 9.78 Å². The molecule has 1 aliphatic heterocycles. The summed E-state index contributed by atoms with van der Waals surface area (Å²) in [6, 6.07) is 9.40. The number of aromatic nitrogens is 1. The topological polar surface area (TPSA) is 63.6 Å². The Bertz CT molecular complexity index is 780. The second-order valence-electron chi connectivity index (χ2n) is 4.93. The highest BCUT2D eigenvalue weighted by atomic mass is 16.5. The molecule has 1 aromatic carbocycles. The number of aliphatic imine (C=N–C) groups is 1. The monoisotopic (exact) mass is 293 g/mol. The van der Waals surface area contributed by atoms with Crippen LogP contribution in [0, 0.1) is 6.92 Å². The van der Waals surface area contributed by atoms with Crippen LogP contribution in [0.25, 0.3) is 6.08 Å². The van der Waals surface area contributed by atoms with E-state index in [-0.39, 0.29) is 5.91 Å². The summed E-state index contributed by atoms with van der Waals surface area (Å²) in [6.45, 7) is 1.99. The van der Waals surface area contributed by atoms with Crippen LogP contribution >= 0.6 is 0 Å². The number of amides is 1.